The van der Waals surface area contributed by atoms with E-state index < -0.39 is 32.8 Å². The topological polar surface area (TPSA) is 285 Å². The average Bonchev–Trinajstić information content (AvgIpc) is 3.86. The molecule has 0 spiro atoms. The Bertz CT molecular complexity index is 2590. The van der Waals surface area contributed by atoms with E-state index in [1.54, 1.807) is 18.2 Å². The Labute approximate surface area is 359 Å². The van der Waals surface area contributed by atoms with Gasteiger partial charge in [0.2, 0.25) is 23.5 Å². The van der Waals surface area contributed by atoms with E-state index in [-0.39, 0.29) is 70.0 Å². The molecule has 2 aliphatic rings. The molecule has 20 nitrogen and oxygen atoms in total. The first kappa shape index (κ1) is 44.3. The van der Waals surface area contributed by atoms with Gasteiger partial charge in [-0.15, -0.1) is 0 Å². The number of piperidine rings is 1. The van der Waals surface area contributed by atoms with Gasteiger partial charge in [-0.2, -0.15) is 5.26 Å². The van der Waals surface area contributed by atoms with Crippen molar-refractivity contribution in [2.24, 2.45) is 0 Å². The van der Waals surface area contributed by atoms with Crippen molar-refractivity contribution in [2.45, 2.75) is 62.4 Å². The Morgan fingerprint density at radius 2 is 1.89 bits per heavy atom. The number of nitrogens with zero attached hydrogens (tertiary/aromatic N) is 5. The van der Waals surface area contributed by atoms with Crippen molar-refractivity contribution in [3.63, 3.8) is 0 Å². The van der Waals surface area contributed by atoms with Crippen molar-refractivity contribution in [3.05, 3.63) is 98.2 Å². The highest BCUT2D eigenvalue weighted by Crippen LogP contribution is 2.33. The summed E-state index contributed by atoms with van der Waals surface area (Å²) >= 11 is 0.798. The number of nitro groups is 1. The van der Waals surface area contributed by atoms with E-state index in [0.717, 1.165) is 22.6 Å². The van der Waals surface area contributed by atoms with Crippen LogP contribution in [0.15, 0.2) is 71.3 Å². The molecular formula is C40H40N10O10S2. The number of unbranched alkanes of at least 4 members (excludes halogenated alkanes) is 1. The third-order valence-corrected chi connectivity index (χ3v) is 12.1. The summed E-state index contributed by atoms with van der Waals surface area (Å²) in [4.78, 5) is 82.8. The molecule has 1 fully saturated rings. The lowest BCUT2D eigenvalue weighted by Gasteiger charge is -2.29. The Morgan fingerprint density at radius 3 is 2.60 bits per heavy atom. The van der Waals surface area contributed by atoms with Crippen LogP contribution in [0, 0.1) is 21.4 Å². The Balaban J connectivity index is 0.907. The zero-order valence-electron chi connectivity index (χ0n) is 33.1. The minimum absolute atomic E-state index is 0.0711. The summed E-state index contributed by atoms with van der Waals surface area (Å²) < 4.78 is 34.0. The van der Waals surface area contributed by atoms with Crippen LogP contribution in [0.2, 0.25) is 0 Å². The van der Waals surface area contributed by atoms with Crippen LogP contribution in [0.4, 0.5) is 22.2 Å². The molecule has 2 aromatic heterocycles. The van der Waals surface area contributed by atoms with Crippen molar-refractivity contribution in [2.75, 3.05) is 35.6 Å². The summed E-state index contributed by atoms with van der Waals surface area (Å²) in [5.74, 6) is -2.19. The number of carbonyl (C=O) groups excluding carboxylic acids is 5. The fraction of sp³-hybridized carbons (Fsp3) is 0.300. The summed E-state index contributed by atoms with van der Waals surface area (Å²) in [7, 11) is -2.88. The van der Waals surface area contributed by atoms with Gasteiger partial charge in [0.15, 0.2) is 0 Å². The predicted molar refractivity (Wildman–Crippen MR) is 225 cm³/mol. The molecular weight excluding hydrogens is 845 g/mol. The Hall–Kier alpha value is -7.25. The molecule has 1 saturated heterocycles. The summed E-state index contributed by atoms with van der Waals surface area (Å²) in [6.45, 7) is 1.19. The molecule has 22 heteroatoms. The number of benzene rings is 2. The molecule has 62 heavy (non-hydrogen) atoms. The summed E-state index contributed by atoms with van der Waals surface area (Å²) in [5, 5.41) is 31.3. The van der Waals surface area contributed by atoms with E-state index in [0.29, 0.717) is 61.3 Å². The number of rotatable bonds is 19. The number of nitriles is 1. The molecule has 322 valence electrons. The van der Waals surface area contributed by atoms with Crippen LogP contribution in [0.3, 0.4) is 0 Å². The molecule has 2 aliphatic heterocycles. The number of methoxy groups -OCH3 is 1. The average molecular weight is 885 g/mol. The summed E-state index contributed by atoms with van der Waals surface area (Å²) in [5.41, 5.74) is 2.48. The minimum atomic E-state index is -4.19. The van der Waals surface area contributed by atoms with Crippen LogP contribution in [-0.2, 0) is 42.2 Å². The van der Waals surface area contributed by atoms with Gasteiger partial charge in [0.25, 0.3) is 27.7 Å². The third-order valence-electron chi connectivity index (χ3n) is 9.74. The number of thiophene rings is 1. The van der Waals surface area contributed by atoms with Crippen LogP contribution in [0.1, 0.15) is 65.0 Å². The van der Waals surface area contributed by atoms with Crippen molar-refractivity contribution < 1.29 is 42.1 Å². The second-order valence-electron chi connectivity index (χ2n) is 14.0. The van der Waals surface area contributed by atoms with Gasteiger partial charge in [-0.25, -0.2) is 18.4 Å². The lowest BCUT2D eigenvalue weighted by Crippen LogP contribution is -2.52. The molecule has 4 heterocycles. The highest BCUT2D eigenvalue weighted by Gasteiger charge is 2.39. The number of imide groups is 1. The van der Waals surface area contributed by atoms with Gasteiger partial charge >= 0.3 is 5.00 Å². The zero-order valence-corrected chi connectivity index (χ0v) is 34.8. The standard InChI is InChI=1S/C40H40N10O10S2/c1-60-39-36(48-62(58,59)28-13-10-25(11-14-28)45-37(53)24(21-41)20-27-12-17-35(61-27)50(56)57)44-22-26(46-39)6-5-19-43-33(51)9-2-3-18-42-31-8-4-7-29-30(31)23-49(40(29)55)32-15-16-34(52)47-38(32)54/h4,7-8,10-14,17,20,22,32,42H,2-3,5-6,9,15-16,18-19,23H2,1H3,(H,43,51)(H,44,48)(H,45,53)(H,47,52,54)/b24-20+. The van der Waals surface area contributed by atoms with Gasteiger partial charge < -0.3 is 25.6 Å². The number of sulfonamides is 1. The van der Waals surface area contributed by atoms with E-state index in [1.165, 1.54) is 60.7 Å². The molecule has 0 bridgehead atoms. The van der Waals surface area contributed by atoms with Crippen LogP contribution in [0.25, 0.3) is 6.08 Å². The SMILES string of the molecule is COc1nc(CCCNC(=O)CCCCNc2cccc3c2CN(C2CCC(=O)NC2=O)C3=O)cnc1NS(=O)(=O)c1ccc(NC(=O)/C(C#N)=C/c2ccc([N+](=O)[O-])s2)cc1. The molecule has 1 unspecified atom stereocenters. The summed E-state index contributed by atoms with van der Waals surface area (Å²) in [6.07, 6.45) is 5.62. The quantitative estimate of drug-likeness (QED) is 0.0223. The maximum absolute atomic E-state index is 13.2. The van der Waals surface area contributed by atoms with E-state index in [9.17, 15) is 47.8 Å². The molecule has 0 aliphatic carbocycles. The van der Waals surface area contributed by atoms with Crippen molar-refractivity contribution >= 4 is 79.2 Å². The van der Waals surface area contributed by atoms with Gasteiger partial charge in [-0.05, 0) is 80.6 Å². The van der Waals surface area contributed by atoms with Crippen molar-refractivity contribution in [3.8, 4) is 11.9 Å². The molecule has 6 rings (SSSR count). The number of aromatic nitrogens is 2. The van der Waals surface area contributed by atoms with Crippen LogP contribution < -0.4 is 30.7 Å². The lowest BCUT2D eigenvalue weighted by atomic mass is 10.0. The second-order valence-corrected chi connectivity index (χ2v) is 16.8. The van der Waals surface area contributed by atoms with Crippen LogP contribution in [-0.4, -0.2) is 84.0 Å². The number of amides is 5. The maximum atomic E-state index is 13.2. The number of aryl methyl sites for hydroxylation is 1. The minimum Gasteiger partial charge on any atom is -0.478 e. The van der Waals surface area contributed by atoms with Crippen LogP contribution in [0.5, 0.6) is 5.88 Å². The molecule has 0 radical (unpaired) electrons. The van der Waals surface area contributed by atoms with Gasteiger partial charge in [0.05, 0.1) is 28.8 Å². The van der Waals surface area contributed by atoms with Crippen molar-refractivity contribution in [1.29, 1.82) is 5.26 Å². The first-order valence-corrected chi connectivity index (χ1v) is 21.5. The summed E-state index contributed by atoms with van der Waals surface area (Å²) in [6, 6.07) is 14.2. The van der Waals surface area contributed by atoms with E-state index in [4.69, 9.17) is 4.74 Å². The number of hydrogen-bond donors (Lipinski definition) is 5. The van der Waals surface area contributed by atoms with Gasteiger partial charge in [0, 0.05) is 65.9 Å². The largest absolute Gasteiger partial charge is 0.478 e. The predicted octanol–water partition coefficient (Wildman–Crippen LogP) is 3.89. The van der Waals surface area contributed by atoms with Gasteiger partial charge in [-0.3, -0.25) is 44.1 Å². The van der Waals surface area contributed by atoms with E-state index in [1.807, 2.05) is 6.07 Å². The zero-order chi connectivity index (χ0) is 44.4. The highest BCUT2D eigenvalue weighted by molar-refractivity contribution is 7.92. The van der Waals surface area contributed by atoms with Crippen LogP contribution >= 0.6 is 11.3 Å². The molecule has 1 atom stereocenters. The van der Waals surface area contributed by atoms with E-state index >= 15 is 0 Å². The number of hydrogen-bond acceptors (Lipinski definition) is 15. The number of nitrogens with one attached hydrogen (secondary N) is 5. The second kappa shape index (κ2) is 19.9. The third kappa shape index (κ3) is 10.9. The first-order valence-electron chi connectivity index (χ1n) is 19.2. The highest BCUT2D eigenvalue weighted by atomic mass is 32.2. The van der Waals surface area contributed by atoms with E-state index in [2.05, 4.69) is 36.0 Å². The fourth-order valence-electron chi connectivity index (χ4n) is 6.62. The van der Waals surface area contributed by atoms with Gasteiger partial charge in [0.1, 0.15) is 17.7 Å². The maximum Gasteiger partial charge on any atom is 0.324 e. The molecule has 2 aromatic carbocycles. The molecule has 4 aromatic rings. The van der Waals surface area contributed by atoms with Crippen molar-refractivity contribution in [1.82, 2.24) is 25.5 Å². The first-order chi connectivity index (χ1) is 29.8. The van der Waals surface area contributed by atoms with Gasteiger partial charge in [-0.1, -0.05) is 17.4 Å². The monoisotopic (exact) mass is 884 g/mol. The molecule has 5 N–H and O–H groups in total. The number of carbonyl (C=O) groups is 5. The number of fused-ring (bicyclic) bond motifs is 1. The molecule has 5 amide bonds. The normalized spacial score (nSPS) is 15.0. The Morgan fingerprint density at radius 1 is 1.10 bits per heavy atom. The fourth-order valence-corrected chi connectivity index (χ4v) is 8.39. The molecule has 0 saturated carbocycles. The smallest absolute Gasteiger partial charge is 0.324 e. The Kier molecular flexibility index (Phi) is 14.2. The lowest BCUT2D eigenvalue weighted by molar-refractivity contribution is -0.380. The number of anilines is 3. The number of ether oxygens (including phenoxy) is 1.